The summed E-state index contributed by atoms with van der Waals surface area (Å²) in [5.41, 5.74) is 1.95. The van der Waals surface area contributed by atoms with Crippen LogP contribution in [0.3, 0.4) is 0 Å². The Kier molecular flexibility index (Phi) is 5.80. The van der Waals surface area contributed by atoms with Crippen molar-refractivity contribution in [2.24, 2.45) is 0 Å². The van der Waals surface area contributed by atoms with E-state index in [1.807, 2.05) is 24.3 Å². The molecule has 17 heavy (non-hydrogen) atoms. The summed E-state index contributed by atoms with van der Waals surface area (Å²) in [6.07, 6.45) is 10.3. The Morgan fingerprint density at radius 2 is 2.00 bits per heavy atom. The van der Waals surface area contributed by atoms with E-state index < -0.39 is 5.97 Å². The van der Waals surface area contributed by atoms with Crippen LogP contribution in [-0.4, -0.2) is 5.97 Å². The van der Waals surface area contributed by atoms with Gasteiger partial charge in [-0.3, -0.25) is 0 Å². The molecule has 0 atom stereocenters. The van der Waals surface area contributed by atoms with Gasteiger partial charge in [0.2, 0.25) is 0 Å². The SMILES string of the molecule is CCCC/C=C/c1cccc(/C=C\C(=O)[O-])c1. The Hall–Kier alpha value is -1.83. The van der Waals surface area contributed by atoms with Crippen LogP contribution >= 0.6 is 0 Å². The van der Waals surface area contributed by atoms with Gasteiger partial charge in [0.1, 0.15) is 0 Å². The van der Waals surface area contributed by atoms with Gasteiger partial charge in [0.15, 0.2) is 0 Å². The molecule has 1 aromatic carbocycles. The van der Waals surface area contributed by atoms with Crippen molar-refractivity contribution >= 4 is 18.1 Å². The van der Waals surface area contributed by atoms with Gasteiger partial charge in [0, 0.05) is 0 Å². The van der Waals surface area contributed by atoms with Crippen molar-refractivity contribution in [1.29, 1.82) is 0 Å². The summed E-state index contributed by atoms with van der Waals surface area (Å²) in [4.78, 5) is 10.3. The molecule has 0 amide bonds. The highest BCUT2D eigenvalue weighted by Crippen LogP contribution is 2.09. The fourth-order valence-corrected chi connectivity index (χ4v) is 1.47. The maximum atomic E-state index is 10.3. The molecule has 0 aliphatic carbocycles. The van der Waals surface area contributed by atoms with E-state index in [1.54, 1.807) is 6.08 Å². The Bertz CT molecular complexity index is 417. The summed E-state index contributed by atoms with van der Waals surface area (Å²) in [5.74, 6) is -1.17. The normalized spacial score (nSPS) is 11.4. The van der Waals surface area contributed by atoms with Crippen LogP contribution in [0.2, 0.25) is 0 Å². The molecule has 0 saturated carbocycles. The van der Waals surface area contributed by atoms with Gasteiger partial charge in [0.05, 0.1) is 5.97 Å². The van der Waals surface area contributed by atoms with E-state index >= 15 is 0 Å². The number of unbranched alkanes of at least 4 members (excludes halogenated alkanes) is 2. The number of carboxylic acids is 1. The van der Waals surface area contributed by atoms with E-state index in [0.29, 0.717) is 0 Å². The van der Waals surface area contributed by atoms with Gasteiger partial charge in [-0.1, -0.05) is 56.2 Å². The van der Waals surface area contributed by atoms with Gasteiger partial charge in [-0.15, -0.1) is 0 Å². The minimum absolute atomic E-state index is 0.867. The number of aliphatic carboxylic acids is 1. The molecule has 0 aliphatic heterocycles. The lowest BCUT2D eigenvalue weighted by atomic mass is 10.1. The largest absolute Gasteiger partial charge is 0.545 e. The maximum absolute atomic E-state index is 10.3. The third-order valence-corrected chi connectivity index (χ3v) is 2.36. The molecule has 0 saturated heterocycles. The third-order valence-electron chi connectivity index (χ3n) is 2.36. The zero-order valence-electron chi connectivity index (χ0n) is 10.1. The highest BCUT2D eigenvalue weighted by atomic mass is 16.4. The highest BCUT2D eigenvalue weighted by molar-refractivity contribution is 5.83. The molecule has 0 aromatic heterocycles. The average molecular weight is 229 g/mol. The second-order valence-electron chi connectivity index (χ2n) is 3.87. The van der Waals surface area contributed by atoms with E-state index in [4.69, 9.17) is 0 Å². The fraction of sp³-hybridized carbons (Fsp3) is 0.267. The van der Waals surface area contributed by atoms with Crippen LogP contribution in [-0.2, 0) is 4.79 Å². The monoisotopic (exact) mass is 229 g/mol. The molecule has 0 fully saturated rings. The molecule has 1 rings (SSSR count). The van der Waals surface area contributed by atoms with Crippen LogP contribution in [0.1, 0.15) is 37.3 Å². The second-order valence-corrected chi connectivity index (χ2v) is 3.87. The molecule has 0 bridgehead atoms. The Morgan fingerprint density at radius 3 is 2.65 bits per heavy atom. The molecular formula is C15H17O2-. The van der Waals surface area contributed by atoms with Gasteiger partial charge in [0.25, 0.3) is 0 Å². The number of carbonyl (C=O) groups is 1. The topological polar surface area (TPSA) is 40.1 Å². The first-order valence-corrected chi connectivity index (χ1v) is 5.88. The first-order chi connectivity index (χ1) is 8.22. The minimum Gasteiger partial charge on any atom is -0.545 e. The summed E-state index contributed by atoms with van der Waals surface area (Å²) >= 11 is 0. The van der Waals surface area contributed by atoms with E-state index in [1.165, 1.54) is 12.8 Å². The Balaban J connectivity index is 2.65. The summed E-state index contributed by atoms with van der Waals surface area (Å²) < 4.78 is 0. The van der Waals surface area contributed by atoms with Crippen LogP contribution in [0.4, 0.5) is 0 Å². The Morgan fingerprint density at radius 1 is 1.29 bits per heavy atom. The fourth-order valence-electron chi connectivity index (χ4n) is 1.47. The zero-order valence-corrected chi connectivity index (χ0v) is 10.1. The molecule has 2 heteroatoms. The molecule has 0 N–H and O–H groups in total. The quantitative estimate of drug-likeness (QED) is 0.555. The van der Waals surface area contributed by atoms with E-state index in [-0.39, 0.29) is 0 Å². The molecule has 90 valence electrons. The summed E-state index contributed by atoms with van der Waals surface area (Å²) in [7, 11) is 0. The maximum Gasteiger partial charge on any atom is 0.0643 e. The van der Waals surface area contributed by atoms with E-state index in [2.05, 4.69) is 19.1 Å². The summed E-state index contributed by atoms with van der Waals surface area (Å²) in [6, 6.07) is 7.72. The highest BCUT2D eigenvalue weighted by Gasteiger charge is 1.89. The number of hydrogen-bond donors (Lipinski definition) is 0. The number of allylic oxidation sites excluding steroid dienone is 1. The number of carbonyl (C=O) groups excluding carboxylic acids is 1. The first kappa shape index (κ1) is 13.2. The molecule has 2 nitrogen and oxygen atoms in total. The minimum atomic E-state index is -1.17. The Labute approximate surface area is 102 Å². The van der Waals surface area contributed by atoms with E-state index in [0.717, 1.165) is 23.6 Å². The summed E-state index contributed by atoms with van der Waals surface area (Å²) in [5, 5.41) is 10.3. The van der Waals surface area contributed by atoms with Crippen molar-refractivity contribution in [3.05, 3.63) is 47.5 Å². The molecule has 0 heterocycles. The zero-order chi connectivity index (χ0) is 12.5. The van der Waals surface area contributed by atoms with Crippen molar-refractivity contribution in [1.82, 2.24) is 0 Å². The van der Waals surface area contributed by atoms with Crippen molar-refractivity contribution in [2.75, 3.05) is 0 Å². The van der Waals surface area contributed by atoms with Crippen LogP contribution in [0, 0.1) is 0 Å². The predicted octanol–water partition coefficient (Wildman–Crippen LogP) is 2.65. The standard InChI is InChI=1S/C15H18O2/c1-2-3-4-5-7-13-8-6-9-14(12-13)10-11-15(16)17/h5-12H,2-4H2,1H3,(H,16,17)/p-1/b7-5+,11-10-. The van der Waals surface area contributed by atoms with Crippen LogP contribution in [0.25, 0.3) is 12.2 Å². The molecule has 0 unspecified atom stereocenters. The average Bonchev–Trinajstić information content (AvgIpc) is 2.33. The smallest absolute Gasteiger partial charge is 0.0643 e. The lowest BCUT2D eigenvalue weighted by Gasteiger charge is -1.97. The summed E-state index contributed by atoms with van der Waals surface area (Å²) in [6.45, 7) is 2.17. The van der Waals surface area contributed by atoms with Gasteiger partial charge < -0.3 is 9.90 Å². The van der Waals surface area contributed by atoms with Gasteiger partial charge in [-0.25, -0.2) is 0 Å². The first-order valence-electron chi connectivity index (χ1n) is 5.88. The molecule has 1 aromatic rings. The van der Waals surface area contributed by atoms with Gasteiger partial charge in [-0.05, 0) is 29.7 Å². The van der Waals surface area contributed by atoms with Crippen LogP contribution < -0.4 is 5.11 Å². The lowest BCUT2D eigenvalue weighted by Crippen LogP contribution is -2.18. The predicted molar refractivity (Wildman–Crippen MR) is 69.0 cm³/mol. The van der Waals surface area contributed by atoms with Gasteiger partial charge in [-0.2, -0.15) is 0 Å². The van der Waals surface area contributed by atoms with Crippen LogP contribution in [0.15, 0.2) is 36.4 Å². The van der Waals surface area contributed by atoms with Crippen molar-refractivity contribution in [2.45, 2.75) is 26.2 Å². The van der Waals surface area contributed by atoms with Crippen molar-refractivity contribution < 1.29 is 9.90 Å². The molecule has 0 radical (unpaired) electrons. The molecule has 0 aliphatic rings. The number of benzene rings is 1. The second kappa shape index (κ2) is 7.44. The van der Waals surface area contributed by atoms with Crippen molar-refractivity contribution in [3.8, 4) is 0 Å². The van der Waals surface area contributed by atoms with Crippen molar-refractivity contribution in [3.63, 3.8) is 0 Å². The molecular weight excluding hydrogens is 212 g/mol. The number of hydrogen-bond acceptors (Lipinski definition) is 2. The number of carboxylic acid groups (broad SMARTS) is 1. The molecule has 0 spiro atoms. The lowest BCUT2D eigenvalue weighted by molar-refractivity contribution is -0.297. The van der Waals surface area contributed by atoms with Gasteiger partial charge >= 0.3 is 0 Å². The third kappa shape index (κ3) is 5.71. The van der Waals surface area contributed by atoms with E-state index in [9.17, 15) is 9.90 Å². The number of rotatable bonds is 6. The van der Waals surface area contributed by atoms with Crippen LogP contribution in [0.5, 0.6) is 0 Å².